The molecule has 0 saturated carbocycles. The summed E-state index contributed by atoms with van der Waals surface area (Å²) in [5.74, 6) is -5.02. The summed E-state index contributed by atoms with van der Waals surface area (Å²) in [6.07, 6.45) is -4.90. The van der Waals surface area contributed by atoms with E-state index in [1.807, 2.05) is 0 Å². The summed E-state index contributed by atoms with van der Waals surface area (Å²) in [5.41, 5.74) is -2.49. The van der Waals surface area contributed by atoms with E-state index >= 15 is 0 Å². The number of halogens is 5. The van der Waals surface area contributed by atoms with Crippen LogP contribution in [-0.4, -0.2) is 35.5 Å². The smallest absolute Gasteiger partial charge is 0.409 e. The number of hydrogen-bond acceptors (Lipinski definition) is 4. The van der Waals surface area contributed by atoms with E-state index in [0.29, 0.717) is 23.0 Å². The van der Waals surface area contributed by atoms with Gasteiger partial charge in [-0.15, -0.1) is 0 Å². The molecule has 2 N–H and O–H groups in total. The molecule has 0 aliphatic carbocycles. The van der Waals surface area contributed by atoms with Gasteiger partial charge in [0.1, 0.15) is 22.6 Å². The van der Waals surface area contributed by atoms with Crippen LogP contribution in [0.3, 0.4) is 0 Å². The molecule has 0 saturated heterocycles. The second-order valence-corrected chi connectivity index (χ2v) is 6.70. The number of nitrogens with one attached hydrogen (secondary N) is 1. The number of carbonyl (C=O) groups is 1. The van der Waals surface area contributed by atoms with Crippen LogP contribution in [0.25, 0.3) is 0 Å². The van der Waals surface area contributed by atoms with Gasteiger partial charge in [-0.1, -0.05) is 6.07 Å². The van der Waals surface area contributed by atoms with Gasteiger partial charge in [0.2, 0.25) is 10.0 Å². The van der Waals surface area contributed by atoms with Gasteiger partial charge in [-0.05, 0) is 12.1 Å². The second kappa shape index (κ2) is 6.64. The van der Waals surface area contributed by atoms with Gasteiger partial charge in [0.15, 0.2) is 5.69 Å². The lowest BCUT2D eigenvalue weighted by atomic mass is 10.1. The summed E-state index contributed by atoms with van der Waals surface area (Å²) in [6, 6.07) is -1.42. The normalized spacial score (nSPS) is 13.6. The molecular formula is C13H10F5N3O4S. The molecule has 13 heteroatoms. The number of alkyl halides is 3. The summed E-state index contributed by atoms with van der Waals surface area (Å²) < 4.78 is 93.5. The summed E-state index contributed by atoms with van der Waals surface area (Å²) in [4.78, 5) is 10.0. The number of aryl methyl sites for hydroxylation is 1. The van der Waals surface area contributed by atoms with E-state index in [9.17, 15) is 35.2 Å². The molecular weight excluding hydrogens is 389 g/mol. The molecule has 1 unspecified atom stereocenters. The van der Waals surface area contributed by atoms with Crippen molar-refractivity contribution in [1.29, 1.82) is 0 Å². The molecule has 1 aromatic heterocycles. The number of carboxylic acids is 1. The first-order chi connectivity index (χ1) is 11.9. The lowest BCUT2D eigenvalue weighted by Crippen LogP contribution is -2.39. The molecule has 26 heavy (non-hydrogen) atoms. The average molecular weight is 399 g/mol. The topological polar surface area (TPSA) is 101 Å². The van der Waals surface area contributed by atoms with Crippen molar-refractivity contribution in [2.45, 2.75) is 17.1 Å². The summed E-state index contributed by atoms with van der Waals surface area (Å²) in [5, 5.41) is 12.4. The predicted molar refractivity (Wildman–Crippen MR) is 75.6 cm³/mol. The molecule has 0 aliphatic rings. The van der Waals surface area contributed by atoms with Crippen LogP contribution in [0.15, 0.2) is 29.3 Å². The van der Waals surface area contributed by atoms with Crippen LogP contribution in [0, 0.1) is 11.6 Å². The third kappa shape index (κ3) is 3.67. The minimum atomic E-state index is -5.41. The van der Waals surface area contributed by atoms with Crippen LogP contribution < -0.4 is 4.72 Å². The van der Waals surface area contributed by atoms with E-state index in [1.165, 1.54) is 0 Å². The highest BCUT2D eigenvalue weighted by molar-refractivity contribution is 7.89. The lowest BCUT2D eigenvalue weighted by Gasteiger charge is -2.22. The Labute approximate surface area is 143 Å². The van der Waals surface area contributed by atoms with Crippen molar-refractivity contribution in [3.05, 3.63) is 47.3 Å². The molecule has 1 atom stereocenters. The Balaban J connectivity index is 2.59. The first kappa shape index (κ1) is 19.8. The Kier molecular flexibility index (Phi) is 5.05. The zero-order valence-corrected chi connectivity index (χ0v) is 13.6. The van der Waals surface area contributed by atoms with E-state index in [2.05, 4.69) is 5.10 Å². The Bertz CT molecular complexity index is 935. The fraction of sp³-hybridized carbons (Fsp3) is 0.231. The largest absolute Gasteiger partial charge is 0.476 e. The van der Waals surface area contributed by atoms with Gasteiger partial charge in [0.05, 0.1) is 11.8 Å². The number of rotatable bonds is 5. The molecule has 0 aliphatic heterocycles. The van der Waals surface area contributed by atoms with Gasteiger partial charge >= 0.3 is 12.1 Å². The van der Waals surface area contributed by atoms with E-state index in [-0.39, 0.29) is 0 Å². The van der Waals surface area contributed by atoms with Gasteiger partial charge in [-0.2, -0.15) is 23.0 Å². The van der Waals surface area contributed by atoms with Crippen LogP contribution in [0.4, 0.5) is 22.0 Å². The lowest BCUT2D eigenvalue weighted by molar-refractivity contribution is -0.154. The molecule has 1 heterocycles. The van der Waals surface area contributed by atoms with Gasteiger partial charge in [0.25, 0.3) is 0 Å². The van der Waals surface area contributed by atoms with Crippen LogP contribution in [0.5, 0.6) is 0 Å². The van der Waals surface area contributed by atoms with Crippen molar-refractivity contribution in [3.63, 3.8) is 0 Å². The van der Waals surface area contributed by atoms with E-state index in [1.54, 1.807) is 0 Å². The monoisotopic (exact) mass is 399 g/mol. The SMILES string of the molecule is Cn1ncc(S(=O)(=O)NC(c2c(F)cccc2F)C(F)(F)F)c1C(=O)O. The zero-order chi connectivity index (χ0) is 19.9. The number of aromatic nitrogens is 2. The van der Waals surface area contributed by atoms with Crippen molar-refractivity contribution in [1.82, 2.24) is 14.5 Å². The molecule has 0 bridgehead atoms. The number of benzene rings is 1. The third-order valence-electron chi connectivity index (χ3n) is 3.29. The number of sulfonamides is 1. The summed E-state index contributed by atoms with van der Waals surface area (Å²) in [7, 11) is -4.09. The van der Waals surface area contributed by atoms with Gasteiger partial charge in [-0.3, -0.25) is 4.68 Å². The average Bonchev–Trinajstić information content (AvgIpc) is 2.87. The summed E-state index contributed by atoms with van der Waals surface area (Å²) in [6.45, 7) is 0. The van der Waals surface area contributed by atoms with Crippen molar-refractivity contribution >= 4 is 16.0 Å². The van der Waals surface area contributed by atoms with Crippen molar-refractivity contribution in [2.75, 3.05) is 0 Å². The van der Waals surface area contributed by atoms with Crippen LogP contribution >= 0.6 is 0 Å². The molecule has 0 amide bonds. The Hall–Kier alpha value is -2.54. The molecule has 2 rings (SSSR count). The Morgan fingerprint density at radius 3 is 2.27 bits per heavy atom. The quantitative estimate of drug-likeness (QED) is 0.749. The first-order valence-corrected chi connectivity index (χ1v) is 8.13. The zero-order valence-electron chi connectivity index (χ0n) is 12.8. The molecule has 1 aromatic carbocycles. The third-order valence-corrected chi connectivity index (χ3v) is 4.71. The van der Waals surface area contributed by atoms with Gasteiger partial charge in [0, 0.05) is 7.05 Å². The fourth-order valence-corrected chi connectivity index (χ4v) is 3.50. The van der Waals surface area contributed by atoms with E-state index in [4.69, 9.17) is 5.11 Å². The highest BCUT2D eigenvalue weighted by Gasteiger charge is 2.47. The van der Waals surface area contributed by atoms with Gasteiger partial charge < -0.3 is 5.11 Å². The Morgan fingerprint density at radius 1 is 1.27 bits per heavy atom. The molecule has 142 valence electrons. The van der Waals surface area contributed by atoms with E-state index in [0.717, 1.165) is 17.8 Å². The minimum absolute atomic E-state index is 0.511. The first-order valence-electron chi connectivity index (χ1n) is 6.64. The number of aromatic carboxylic acids is 1. The number of carboxylic acid groups (broad SMARTS) is 1. The fourth-order valence-electron chi connectivity index (χ4n) is 2.15. The predicted octanol–water partition coefficient (Wildman–Crippen LogP) is 1.98. The summed E-state index contributed by atoms with van der Waals surface area (Å²) >= 11 is 0. The highest BCUT2D eigenvalue weighted by atomic mass is 32.2. The number of hydrogen-bond donors (Lipinski definition) is 2. The van der Waals surface area contributed by atoms with Crippen molar-refractivity contribution < 1.29 is 40.3 Å². The molecule has 2 aromatic rings. The maximum Gasteiger partial charge on any atom is 0.409 e. The molecule has 7 nitrogen and oxygen atoms in total. The number of nitrogens with zero attached hydrogens (tertiary/aromatic N) is 2. The standard InChI is InChI=1S/C13H10F5N3O4S/c1-21-10(12(22)23)8(5-19-21)26(24,25)20-11(13(16,17)18)9-6(14)3-2-4-7(9)15/h2-5,11,20H,1H3,(H,22,23). The maximum absolute atomic E-state index is 13.7. The van der Waals surface area contributed by atoms with Crippen LogP contribution in [0.2, 0.25) is 0 Å². The minimum Gasteiger partial charge on any atom is -0.476 e. The molecule has 0 spiro atoms. The maximum atomic E-state index is 13.7. The van der Waals surface area contributed by atoms with Crippen molar-refractivity contribution in [2.24, 2.45) is 7.05 Å². The Morgan fingerprint density at radius 2 is 1.81 bits per heavy atom. The molecule has 0 fully saturated rings. The van der Waals surface area contributed by atoms with Crippen molar-refractivity contribution in [3.8, 4) is 0 Å². The molecule has 0 radical (unpaired) electrons. The highest BCUT2D eigenvalue weighted by Crippen LogP contribution is 2.36. The second-order valence-electron chi connectivity index (χ2n) is 5.02. The van der Waals surface area contributed by atoms with E-state index < -0.39 is 56.0 Å². The van der Waals surface area contributed by atoms with Crippen LogP contribution in [-0.2, 0) is 17.1 Å². The van der Waals surface area contributed by atoms with Crippen LogP contribution in [0.1, 0.15) is 22.1 Å². The van der Waals surface area contributed by atoms with Gasteiger partial charge in [-0.25, -0.2) is 22.0 Å².